The number of nitrogens with one attached hydrogen (secondary N) is 3. The molecule has 104 valence electrons. The van der Waals surface area contributed by atoms with Crippen molar-refractivity contribution in [2.75, 3.05) is 17.2 Å². The summed E-state index contributed by atoms with van der Waals surface area (Å²) in [6, 6.07) is 11.5. The minimum absolute atomic E-state index is 0.257. The van der Waals surface area contributed by atoms with Crippen LogP contribution in [-0.4, -0.2) is 17.6 Å². The second kappa shape index (κ2) is 6.56. The van der Waals surface area contributed by atoms with E-state index in [1.54, 1.807) is 12.3 Å². The van der Waals surface area contributed by atoms with Crippen LogP contribution in [0.2, 0.25) is 0 Å². The molecule has 0 bridgehead atoms. The molecule has 0 fully saturated rings. The lowest BCUT2D eigenvalue weighted by Crippen LogP contribution is -2.28. The number of urea groups is 1. The molecule has 2 amide bonds. The molecule has 2 rings (SSSR count). The summed E-state index contributed by atoms with van der Waals surface area (Å²) in [6.07, 6.45) is 1.65. The van der Waals surface area contributed by atoms with Gasteiger partial charge in [0.2, 0.25) is 0 Å². The van der Waals surface area contributed by atoms with E-state index in [1.807, 2.05) is 38.1 Å². The van der Waals surface area contributed by atoms with E-state index in [-0.39, 0.29) is 6.03 Å². The molecule has 1 aromatic carbocycles. The number of amides is 2. The number of aromatic nitrogens is 1. The molecule has 5 nitrogen and oxygen atoms in total. The highest BCUT2D eigenvalue weighted by Crippen LogP contribution is 2.19. The molecule has 3 N–H and O–H groups in total. The fourth-order valence-corrected chi connectivity index (χ4v) is 1.79. The highest BCUT2D eigenvalue weighted by Gasteiger charge is 2.02. The molecule has 0 spiro atoms. The Bertz CT molecular complexity index is 598. The van der Waals surface area contributed by atoms with Gasteiger partial charge in [0.05, 0.1) is 0 Å². The Morgan fingerprint density at radius 2 is 2.00 bits per heavy atom. The van der Waals surface area contributed by atoms with Crippen molar-refractivity contribution < 1.29 is 4.79 Å². The zero-order valence-electron chi connectivity index (χ0n) is 11.6. The SMILES string of the molecule is CCNC(=O)Nc1cc(Nc2cccc(C)c2)ccn1. The molecule has 2 aromatic rings. The number of aryl methyl sites for hydroxylation is 1. The molecule has 0 aliphatic carbocycles. The van der Waals surface area contributed by atoms with Crippen LogP contribution in [0.5, 0.6) is 0 Å². The van der Waals surface area contributed by atoms with Gasteiger partial charge in [-0.25, -0.2) is 9.78 Å². The first-order valence-electron chi connectivity index (χ1n) is 6.52. The number of nitrogens with zero attached hydrogens (tertiary/aromatic N) is 1. The van der Waals surface area contributed by atoms with Gasteiger partial charge in [0.1, 0.15) is 5.82 Å². The number of rotatable bonds is 4. The van der Waals surface area contributed by atoms with E-state index in [0.29, 0.717) is 12.4 Å². The summed E-state index contributed by atoms with van der Waals surface area (Å²) < 4.78 is 0. The van der Waals surface area contributed by atoms with Crippen molar-refractivity contribution >= 4 is 23.2 Å². The third-order valence-electron chi connectivity index (χ3n) is 2.65. The summed E-state index contributed by atoms with van der Waals surface area (Å²) in [6.45, 7) is 4.48. The molecule has 0 saturated heterocycles. The lowest BCUT2D eigenvalue weighted by Gasteiger charge is -2.09. The Morgan fingerprint density at radius 1 is 1.20 bits per heavy atom. The largest absolute Gasteiger partial charge is 0.355 e. The predicted octanol–water partition coefficient (Wildman–Crippen LogP) is 3.28. The van der Waals surface area contributed by atoms with Crippen LogP contribution in [0.15, 0.2) is 42.6 Å². The Balaban J connectivity index is 2.08. The van der Waals surface area contributed by atoms with Crippen molar-refractivity contribution in [2.45, 2.75) is 13.8 Å². The molecule has 1 heterocycles. The van der Waals surface area contributed by atoms with E-state index < -0.39 is 0 Å². The van der Waals surface area contributed by atoms with E-state index in [1.165, 1.54) is 5.56 Å². The molecule has 20 heavy (non-hydrogen) atoms. The van der Waals surface area contributed by atoms with Gasteiger partial charge in [0.25, 0.3) is 0 Å². The summed E-state index contributed by atoms with van der Waals surface area (Å²) in [5.74, 6) is 0.508. The van der Waals surface area contributed by atoms with Gasteiger partial charge >= 0.3 is 6.03 Å². The quantitative estimate of drug-likeness (QED) is 0.798. The molecule has 5 heteroatoms. The third-order valence-corrected chi connectivity index (χ3v) is 2.65. The molecule has 1 aromatic heterocycles. The molecule has 0 unspecified atom stereocenters. The molecule has 0 radical (unpaired) electrons. The predicted molar refractivity (Wildman–Crippen MR) is 81.4 cm³/mol. The van der Waals surface area contributed by atoms with Crippen molar-refractivity contribution in [3.63, 3.8) is 0 Å². The summed E-state index contributed by atoms with van der Waals surface area (Å²) in [4.78, 5) is 15.6. The number of hydrogen-bond donors (Lipinski definition) is 3. The van der Waals surface area contributed by atoms with Crippen LogP contribution in [0.3, 0.4) is 0 Å². The van der Waals surface area contributed by atoms with Gasteiger partial charge in [-0.3, -0.25) is 5.32 Å². The topological polar surface area (TPSA) is 66.1 Å². The minimum atomic E-state index is -0.257. The number of benzene rings is 1. The van der Waals surface area contributed by atoms with Crippen LogP contribution < -0.4 is 16.0 Å². The van der Waals surface area contributed by atoms with Gasteiger partial charge in [-0.2, -0.15) is 0 Å². The Labute approximate surface area is 118 Å². The molecular formula is C15H18N4O. The number of carbonyl (C=O) groups is 1. The van der Waals surface area contributed by atoms with E-state index in [4.69, 9.17) is 0 Å². The van der Waals surface area contributed by atoms with Crippen molar-refractivity contribution in [3.05, 3.63) is 48.2 Å². The molecule has 0 aliphatic heterocycles. The maximum atomic E-state index is 11.4. The van der Waals surface area contributed by atoms with Gasteiger partial charge in [0, 0.05) is 30.2 Å². The number of hydrogen-bond acceptors (Lipinski definition) is 3. The second-order valence-corrected chi connectivity index (χ2v) is 4.41. The van der Waals surface area contributed by atoms with Crippen LogP contribution in [-0.2, 0) is 0 Å². The van der Waals surface area contributed by atoms with E-state index in [9.17, 15) is 4.79 Å². The summed E-state index contributed by atoms with van der Waals surface area (Å²) in [5, 5.41) is 8.62. The van der Waals surface area contributed by atoms with Crippen molar-refractivity contribution in [3.8, 4) is 0 Å². The van der Waals surface area contributed by atoms with Crippen LogP contribution in [0.4, 0.5) is 22.0 Å². The van der Waals surface area contributed by atoms with Crippen molar-refractivity contribution in [2.24, 2.45) is 0 Å². The minimum Gasteiger partial charge on any atom is -0.355 e. The molecule has 0 atom stereocenters. The lowest BCUT2D eigenvalue weighted by molar-refractivity contribution is 0.252. The maximum Gasteiger partial charge on any atom is 0.320 e. The smallest absolute Gasteiger partial charge is 0.320 e. The average Bonchev–Trinajstić information content (AvgIpc) is 2.39. The Morgan fingerprint density at radius 3 is 2.75 bits per heavy atom. The van der Waals surface area contributed by atoms with Gasteiger partial charge in [0.15, 0.2) is 0 Å². The van der Waals surface area contributed by atoms with Gasteiger partial charge in [-0.05, 0) is 37.6 Å². The first-order valence-corrected chi connectivity index (χ1v) is 6.52. The number of carbonyl (C=O) groups excluding carboxylic acids is 1. The van der Waals surface area contributed by atoms with Crippen LogP contribution in [0, 0.1) is 6.92 Å². The summed E-state index contributed by atoms with van der Waals surface area (Å²) in [5.41, 5.74) is 3.06. The lowest BCUT2D eigenvalue weighted by atomic mass is 10.2. The Hall–Kier alpha value is -2.56. The number of pyridine rings is 1. The van der Waals surface area contributed by atoms with Gasteiger partial charge < -0.3 is 10.6 Å². The highest BCUT2D eigenvalue weighted by molar-refractivity contribution is 5.88. The fourth-order valence-electron chi connectivity index (χ4n) is 1.79. The van der Waals surface area contributed by atoms with Crippen LogP contribution in [0.1, 0.15) is 12.5 Å². The fraction of sp³-hybridized carbons (Fsp3) is 0.200. The number of anilines is 3. The summed E-state index contributed by atoms with van der Waals surface area (Å²) in [7, 11) is 0. The first-order chi connectivity index (χ1) is 9.67. The van der Waals surface area contributed by atoms with Crippen LogP contribution in [0.25, 0.3) is 0 Å². The normalized spacial score (nSPS) is 9.90. The van der Waals surface area contributed by atoms with E-state index in [0.717, 1.165) is 11.4 Å². The standard InChI is InChI=1S/C15H18N4O/c1-3-16-15(20)19-14-10-13(7-8-17-14)18-12-6-4-5-11(2)9-12/h4-10H,3H2,1-2H3,(H3,16,17,18,19,20). The summed E-state index contributed by atoms with van der Waals surface area (Å²) >= 11 is 0. The molecule has 0 aliphatic rings. The average molecular weight is 270 g/mol. The third kappa shape index (κ3) is 3.98. The monoisotopic (exact) mass is 270 g/mol. The Kier molecular flexibility index (Phi) is 4.55. The zero-order valence-corrected chi connectivity index (χ0v) is 11.6. The van der Waals surface area contributed by atoms with E-state index in [2.05, 4.69) is 27.0 Å². The van der Waals surface area contributed by atoms with Crippen molar-refractivity contribution in [1.29, 1.82) is 0 Å². The molecule has 0 saturated carbocycles. The second-order valence-electron chi connectivity index (χ2n) is 4.41. The van der Waals surface area contributed by atoms with Gasteiger partial charge in [-0.15, -0.1) is 0 Å². The van der Waals surface area contributed by atoms with Crippen molar-refractivity contribution in [1.82, 2.24) is 10.3 Å². The van der Waals surface area contributed by atoms with Gasteiger partial charge in [-0.1, -0.05) is 12.1 Å². The maximum absolute atomic E-state index is 11.4. The van der Waals surface area contributed by atoms with E-state index >= 15 is 0 Å². The van der Waals surface area contributed by atoms with Crippen LogP contribution >= 0.6 is 0 Å². The first kappa shape index (κ1) is 13.9. The molecular weight excluding hydrogens is 252 g/mol. The zero-order chi connectivity index (χ0) is 14.4. The highest BCUT2D eigenvalue weighted by atomic mass is 16.2.